The van der Waals surface area contributed by atoms with E-state index in [1.807, 2.05) is 6.20 Å². The lowest BCUT2D eigenvalue weighted by molar-refractivity contribution is 0.730. The largest absolute Gasteiger partial charge is 0.391 e. The number of fused-ring (bicyclic) bond motifs is 3. The third-order valence-electron chi connectivity index (χ3n) is 3.88. The van der Waals surface area contributed by atoms with Crippen molar-refractivity contribution >= 4 is 0 Å². The first-order chi connectivity index (χ1) is 9.95. The van der Waals surface area contributed by atoms with Gasteiger partial charge in [0.1, 0.15) is 0 Å². The Labute approximate surface area is 121 Å². The van der Waals surface area contributed by atoms with E-state index < -0.39 is 0 Å². The summed E-state index contributed by atoms with van der Waals surface area (Å²) in [6.07, 6.45) is 9.27. The Morgan fingerprint density at radius 2 is 1.40 bits per heavy atom. The quantitative estimate of drug-likeness (QED) is 0.628. The summed E-state index contributed by atoms with van der Waals surface area (Å²) in [6.45, 7) is 1.16. The monoisotopic (exact) mass is 263 g/mol. The van der Waals surface area contributed by atoms with Gasteiger partial charge in [-0.2, -0.15) is 0 Å². The molecule has 1 N–H and O–H groups in total. The minimum absolute atomic E-state index is 1.10. The summed E-state index contributed by atoms with van der Waals surface area (Å²) in [7, 11) is 0. The molecule has 0 saturated carbocycles. The number of hydrogen-bond acceptors (Lipinski definition) is 1. The third kappa shape index (κ3) is 2.93. The first kappa shape index (κ1) is 13.0. The average molecular weight is 263 g/mol. The zero-order valence-corrected chi connectivity index (χ0v) is 11.8. The summed E-state index contributed by atoms with van der Waals surface area (Å²) in [6, 6.07) is 17.3. The predicted octanol–water partition coefficient (Wildman–Crippen LogP) is 4.53. The molecule has 1 nitrogen and oxygen atoms in total. The SMILES string of the molecule is C1=CNCCCC1.c1ccc2c(c1)Cc1ccccc1-2. The Bertz CT molecular complexity index is 547. The van der Waals surface area contributed by atoms with Gasteiger partial charge in [-0.3, -0.25) is 0 Å². The van der Waals surface area contributed by atoms with Gasteiger partial charge >= 0.3 is 0 Å². The minimum Gasteiger partial charge on any atom is -0.391 e. The smallest absolute Gasteiger partial charge is 0.0141 e. The molecule has 2 aliphatic rings. The summed E-state index contributed by atoms with van der Waals surface area (Å²) in [5, 5.41) is 3.17. The Hall–Kier alpha value is -2.02. The highest BCUT2D eigenvalue weighted by molar-refractivity contribution is 5.76. The fourth-order valence-electron chi connectivity index (χ4n) is 2.82. The molecule has 1 heteroatoms. The van der Waals surface area contributed by atoms with E-state index in [1.165, 1.54) is 41.5 Å². The van der Waals surface area contributed by atoms with Crippen molar-refractivity contribution in [2.45, 2.75) is 25.7 Å². The lowest BCUT2D eigenvalue weighted by Gasteiger charge is -1.98. The molecule has 0 aromatic heterocycles. The highest BCUT2D eigenvalue weighted by atomic mass is 14.8. The first-order valence-electron chi connectivity index (χ1n) is 7.50. The second-order valence-corrected chi connectivity index (χ2v) is 5.34. The predicted molar refractivity (Wildman–Crippen MR) is 85.7 cm³/mol. The molecular formula is C19H21N. The highest BCUT2D eigenvalue weighted by Gasteiger charge is 2.15. The van der Waals surface area contributed by atoms with Crippen LogP contribution in [0.3, 0.4) is 0 Å². The molecule has 4 rings (SSSR count). The molecule has 1 aliphatic heterocycles. The summed E-state index contributed by atoms with van der Waals surface area (Å²) in [5.41, 5.74) is 5.75. The van der Waals surface area contributed by atoms with Gasteiger partial charge in [0.15, 0.2) is 0 Å². The Morgan fingerprint density at radius 3 is 2.10 bits per heavy atom. The van der Waals surface area contributed by atoms with Crippen LogP contribution < -0.4 is 5.32 Å². The van der Waals surface area contributed by atoms with Gasteiger partial charge in [0, 0.05) is 6.54 Å². The summed E-state index contributed by atoms with van der Waals surface area (Å²) in [5.74, 6) is 0. The van der Waals surface area contributed by atoms with E-state index in [2.05, 4.69) is 59.9 Å². The van der Waals surface area contributed by atoms with Crippen molar-refractivity contribution in [1.82, 2.24) is 5.32 Å². The van der Waals surface area contributed by atoms with Crippen molar-refractivity contribution in [3.05, 3.63) is 71.9 Å². The van der Waals surface area contributed by atoms with Crippen LogP contribution in [-0.2, 0) is 6.42 Å². The minimum atomic E-state index is 1.10. The maximum Gasteiger partial charge on any atom is 0.0141 e. The topological polar surface area (TPSA) is 12.0 Å². The van der Waals surface area contributed by atoms with Gasteiger partial charge in [0.05, 0.1) is 0 Å². The molecular weight excluding hydrogens is 242 g/mol. The molecule has 0 unspecified atom stereocenters. The van der Waals surface area contributed by atoms with Gasteiger partial charge in [-0.05, 0) is 54.1 Å². The van der Waals surface area contributed by atoms with Crippen molar-refractivity contribution in [1.29, 1.82) is 0 Å². The van der Waals surface area contributed by atoms with Crippen LogP contribution in [0.1, 0.15) is 30.4 Å². The lowest BCUT2D eigenvalue weighted by Crippen LogP contribution is -2.03. The number of hydrogen-bond donors (Lipinski definition) is 1. The van der Waals surface area contributed by atoms with Gasteiger partial charge in [0.2, 0.25) is 0 Å². The van der Waals surface area contributed by atoms with Gasteiger partial charge in [-0.1, -0.05) is 54.6 Å². The molecule has 0 saturated heterocycles. The van der Waals surface area contributed by atoms with E-state index in [0.717, 1.165) is 13.0 Å². The standard InChI is InChI=1S/C13H10.C6H11N/c1-3-7-12-10(5-1)9-11-6-2-4-8-13(11)12;1-2-4-6-7-5-3-1/h1-8H,9H2;3,5,7H,1-2,4,6H2. The second-order valence-electron chi connectivity index (χ2n) is 5.34. The van der Waals surface area contributed by atoms with Crippen LogP contribution in [-0.4, -0.2) is 6.54 Å². The van der Waals surface area contributed by atoms with E-state index in [-0.39, 0.29) is 0 Å². The highest BCUT2D eigenvalue weighted by Crippen LogP contribution is 2.35. The van der Waals surface area contributed by atoms with E-state index in [9.17, 15) is 0 Å². The zero-order valence-electron chi connectivity index (χ0n) is 11.8. The molecule has 1 heterocycles. The molecule has 0 amide bonds. The lowest BCUT2D eigenvalue weighted by atomic mass is 10.1. The van der Waals surface area contributed by atoms with Crippen molar-refractivity contribution in [2.24, 2.45) is 0 Å². The molecule has 0 radical (unpaired) electrons. The number of benzene rings is 2. The molecule has 0 atom stereocenters. The zero-order chi connectivity index (χ0) is 13.6. The summed E-state index contributed by atoms with van der Waals surface area (Å²) >= 11 is 0. The number of allylic oxidation sites excluding steroid dienone is 1. The van der Waals surface area contributed by atoms with Crippen LogP contribution in [0.2, 0.25) is 0 Å². The summed E-state index contributed by atoms with van der Waals surface area (Å²) in [4.78, 5) is 0. The molecule has 2 aromatic carbocycles. The van der Waals surface area contributed by atoms with Gasteiger partial charge < -0.3 is 5.32 Å². The van der Waals surface area contributed by atoms with Crippen molar-refractivity contribution in [3.8, 4) is 11.1 Å². The normalized spacial score (nSPS) is 15.2. The van der Waals surface area contributed by atoms with E-state index >= 15 is 0 Å². The Morgan fingerprint density at radius 1 is 0.750 bits per heavy atom. The molecule has 1 aliphatic carbocycles. The maximum atomic E-state index is 3.17. The van der Waals surface area contributed by atoms with Gasteiger partial charge in [0.25, 0.3) is 0 Å². The summed E-state index contributed by atoms with van der Waals surface area (Å²) < 4.78 is 0. The van der Waals surface area contributed by atoms with Gasteiger partial charge in [-0.25, -0.2) is 0 Å². The molecule has 20 heavy (non-hydrogen) atoms. The van der Waals surface area contributed by atoms with Crippen LogP contribution in [0.15, 0.2) is 60.8 Å². The van der Waals surface area contributed by atoms with Crippen LogP contribution in [0.5, 0.6) is 0 Å². The maximum absolute atomic E-state index is 3.17. The van der Waals surface area contributed by atoms with E-state index in [4.69, 9.17) is 0 Å². The number of rotatable bonds is 0. The van der Waals surface area contributed by atoms with Crippen LogP contribution in [0.4, 0.5) is 0 Å². The van der Waals surface area contributed by atoms with Crippen LogP contribution in [0.25, 0.3) is 11.1 Å². The van der Waals surface area contributed by atoms with Crippen LogP contribution >= 0.6 is 0 Å². The van der Waals surface area contributed by atoms with Crippen molar-refractivity contribution in [2.75, 3.05) is 6.54 Å². The van der Waals surface area contributed by atoms with E-state index in [1.54, 1.807) is 0 Å². The molecule has 0 spiro atoms. The fourth-order valence-corrected chi connectivity index (χ4v) is 2.82. The first-order valence-corrected chi connectivity index (χ1v) is 7.50. The Balaban J connectivity index is 0.000000147. The Kier molecular flexibility index (Phi) is 4.17. The van der Waals surface area contributed by atoms with E-state index in [0.29, 0.717) is 0 Å². The van der Waals surface area contributed by atoms with Crippen molar-refractivity contribution < 1.29 is 0 Å². The third-order valence-corrected chi connectivity index (χ3v) is 3.88. The average Bonchev–Trinajstić information content (AvgIpc) is 2.68. The molecule has 0 bridgehead atoms. The van der Waals surface area contributed by atoms with Crippen molar-refractivity contribution in [3.63, 3.8) is 0 Å². The molecule has 102 valence electrons. The molecule has 2 aromatic rings. The molecule has 0 fully saturated rings. The number of nitrogens with one attached hydrogen (secondary N) is 1. The van der Waals surface area contributed by atoms with Crippen LogP contribution in [0, 0.1) is 0 Å². The fraction of sp³-hybridized carbons (Fsp3) is 0.263. The van der Waals surface area contributed by atoms with Gasteiger partial charge in [-0.15, -0.1) is 0 Å². The second kappa shape index (κ2) is 6.42.